The predicted molar refractivity (Wildman–Crippen MR) is 63.1 cm³/mol. The standard InChI is InChI=1S/C11H15N3O4/c15-7-8-1-3-13(5-8)10(17)6-14-4-2-9(16)12-11(14)18/h2,4,8,15H,1,3,5-7H2,(H,12,16,18). The van der Waals surface area contributed by atoms with Gasteiger partial charge in [-0.05, 0) is 6.42 Å². The van der Waals surface area contributed by atoms with Crippen LogP contribution in [-0.2, 0) is 11.3 Å². The Bertz CT molecular complexity index is 548. The van der Waals surface area contributed by atoms with E-state index >= 15 is 0 Å². The van der Waals surface area contributed by atoms with Gasteiger partial charge in [0.1, 0.15) is 6.54 Å². The second kappa shape index (κ2) is 5.18. The van der Waals surface area contributed by atoms with E-state index in [1.54, 1.807) is 4.90 Å². The highest BCUT2D eigenvalue weighted by atomic mass is 16.3. The monoisotopic (exact) mass is 253 g/mol. The Balaban J connectivity index is 2.03. The van der Waals surface area contributed by atoms with Gasteiger partial charge in [0, 0.05) is 37.9 Å². The first-order chi connectivity index (χ1) is 8.60. The number of rotatable bonds is 3. The van der Waals surface area contributed by atoms with Crippen molar-refractivity contribution < 1.29 is 9.90 Å². The summed E-state index contributed by atoms with van der Waals surface area (Å²) >= 11 is 0. The molecule has 7 heteroatoms. The van der Waals surface area contributed by atoms with E-state index < -0.39 is 11.2 Å². The Morgan fingerprint density at radius 2 is 2.28 bits per heavy atom. The zero-order valence-electron chi connectivity index (χ0n) is 9.83. The third kappa shape index (κ3) is 2.67. The number of carbonyl (C=O) groups is 1. The minimum atomic E-state index is -0.589. The summed E-state index contributed by atoms with van der Waals surface area (Å²) in [5, 5.41) is 9.00. The number of nitrogens with one attached hydrogen (secondary N) is 1. The molecule has 1 fully saturated rings. The first-order valence-corrected chi connectivity index (χ1v) is 5.78. The summed E-state index contributed by atoms with van der Waals surface area (Å²) < 4.78 is 1.16. The average Bonchev–Trinajstić information content (AvgIpc) is 2.81. The molecule has 0 saturated carbocycles. The van der Waals surface area contributed by atoms with E-state index in [1.807, 2.05) is 0 Å². The molecular weight excluding hydrogens is 238 g/mol. The molecule has 98 valence electrons. The Hall–Kier alpha value is -1.89. The van der Waals surface area contributed by atoms with Gasteiger partial charge >= 0.3 is 5.69 Å². The number of H-pyrrole nitrogens is 1. The zero-order chi connectivity index (χ0) is 13.1. The van der Waals surface area contributed by atoms with Crippen LogP contribution in [0.2, 0.25) is 0 Å². The summed E-state index contributed by atoms with van der Waals surface area (Å²) in [6, 6.07) is 1.20. The summed E-state index contributed by atoms with van der Waals surface area (Å²) in [7, 11) is 0. The molecule has 0 bridgehead atoms. The molecule has 18 heavy (non-hydrogen) atoms. The molecule has 1 aromatic heterocycles. The predicted octanol–water partition coefficient (Wildman–Crippen LogP) is -1.62. The molecule has 7 nitrogen and oxygen atoms in total. The molecular formula is C11H15N3O4. The molecule has 0 aliphatic carbocycles. The van der Waals surface area contributed by atoms with Gasteiger partial charge in [-0.2, -0.15) is 0 Å². The second-order valence-electron chi connectivity index (χ2n) is 4.42. The number of nitrogens with zero attached hydrogens (tertiary/aromatic N) is 2. The van der Waals surface area contributed by atoms with E-state index in [4.69, 9.17) is 5.11 Å². The van der Waals surface area contributed by atoms with Crippen molar-refractivity contribution in [2.24, 2.45) is 5.92 Å². The zero-order valence-corrected chi connectivity index (χ0v) is 9.83. The first-order valence-electron chi connectivity index (χ1n) is 5.78. The number of aliphatic hydroxyl groups excluding tert-OH is 1. The number of aromatic nitrogens is 2. The van der Waals surface area contributed by atoms with Crippen molar-refractivity contribution in [3.05, 3.63) is 33.1 Å². The third-order valence-corrected chi connectivity index (χ3v) is 3.10. The van der Waals surface area contributed by atoms with E-state index in [0.717, 1.165) is 11.0 Å². The molecule has 0 radical (unpaired) electrons. The summed E-state index contributed by atoms with van der Waals surface area (Å²) in [4.78, 5) is 37.9. The summed E-state index contributed by atoms with van der Waals surface area (Å²) in [5.74, 6) is -0.0543. The topological polar surface area (TPSA) is 95.4 Å². The van der Waals surface area contributed by atoms with Crippen LogP contribution in [0.25, 0.3) is 0 Å². The van der Waals surface area contributed by atoms with E-state index in [9.17, 15) is 14.4 Å². The van der Waals surface area contributed by atoms with Crippen LogP contribution in [0.3, 0.4) is 0 Å². The van der Waals surface area contributed by atoms with Gasteiger partial charge < -0.3 is 10.0 Å². The summed E-state index contributed by atoms with van der Waals surface area (Å²) in [6.07, 6.45) is 2.08. The SMILES string of the molecule is O=C(Cn1ccc(=O)[nH]c1=O)N1CCC(CO)C1. The Labute approximate surface area is 103 Å². The average molecular weight is 253 g/mol. The van der Waals surface area contributed by atoms with Crippen LogP contribution in [0.1, 0.15) is 6.42 Å². The van der Waals surface area contributed by atoms with Crippen molar-refractivity contribution in [3.8, 4) is 0 Å². The molecule has 2 rings (SSSR count). The van der Waals surface area contributed by atoms with Crippen molar-refractivity contribution >= 4 is 5.91 Å². The van der Waals surface area contributed by atoms with Crippen molar-refractivity contribution in [2.45, 2.75) is 13.0 Å². The van der Waals surface area contributed by atoms with Gasteiger partial charge in [-0.3, -0.25) is 19.1 Å². The van der Waals surface area contributed by atoms with Crippen molar-refractivity contribution in [3.63, 3.8) is 0 Å². The molecule has 1 amide bonds. The quantitative estimate of drug-likeness (QED) is 0.676. The Kier molecular flexibility index (Phi) is 3.61. The minimum absolute atomic E-state index is 0.0718. The molecule has 1 unspecified atom stereocenters. The largest absolute Gasteiger partial charge is 0.396 e. The van der Waals surface area contributed by atoms with Gasteiger partial charge in [0.15, 0.2) is 0 Å². The number of hydrogen-bond donors (Lipinski definition) is 2. The van der Waals surface area contributed by atoms with E-state index in [-0.39, 0.29) is 25.0 Å². The minimum Gasteiger partial charge on any atom is -0.396 e. The molecule has 1 aliphatic heterocycles. The van der Waals surface area contributed by atoms with E-state index in [1.165, 1.54) is 12.3 Å². The summed E-state index contributed by atoms with van der Waals surface area (Å²) in [5.41, 5.74) is -1.07. The maximum absolute atomic E-state index is 11.9. The van der Waals surface area contributed by atoms with Crippen LogP contribution in [0.5, 0.6) is 0 Å². The number of carbonyl (C=O) groups excluding carboxylic acids is 1. The van der Waals surface area contributed by atoms with Gasteiger partial charge in [0.2, 0.25) is 5.91 Å². The second-order valence-corrected chi connectivity index (χ2v) is 4.42. The molecule has 0 spiro atoms. The highest BCUT2D eigenvalue weighted by Gasteiger charge is 2.25. The van der Waals surface area contributed by atoms with Crippen molar-refractivity contribution in [1.82, 2.24) is 14.5 Å². The van der Waals surface area contributed by atoms with Crippen LogP contribution in [0.4, 0.5) is 0 Å². The van der Waals surface area contributed by atoms with E-state index in [0.29, 0.717) is 13.1 Å². The number of likely N-dealkylation sites (tertiary alicyclic amines) is 1. The van der Waals surface area contributed by atoms with Crippen LogP contribution in [0, 0.1) is 5.92 Å². The smallest absolute Gasteiger partial charge is 0.328 e. The van der Waals surface area contributed by atoms with Crippen molar-refractivity contribution in [2.75, 3.05) is 19.7 Å². The highest BCUT2D eigenvalue weighted by molar-refractivity contribution is 5.76. The lowest BCUT2D eigenvalue weighted by Gasteiger charge is -2.16. The van der Waals surface area contributed by atoms with Gasteiger partial charge in [-0.1, -0.05) is 0 Å². The van der Waals surface area contributed by atoms with Gasteiger partial charge in [-0.15, -0.1) is 0 Å². The molecule has 2 heterocycles. The van der Waals surface area contributed by atoms with Gasteiger partial charge in [-0.25, -0.2) is 4.79 Å². The fourth-order valence-corrected chi connectivity index (χ4v) is 2.02. The highest BCUT2D eigenvalue weighted by Crippen LogP contribution is 2.15. The number of hydrogen-bond acceptors (Lipinski definition) is 4. The fraction of sp³-hybridized carbons (Fsp3) is 0.545. The fourth-order valence-electron chi connectivity index (χ4n) is 2.02. The molecule has 1 saturated heterocycles. The molecule has 0 aromatic carbocycles. The van der Waals surface area contributed by atoms with Crippen LogP contribution in [0.15, 0.2) is 21.9 Å². The molecule has 1 atom stereocenters. The molecule has 1 aliphatic rings. The number of aromatic amines is 1. The lowest BCUT2D eigenvalue weighted by molar-refractivity contribution is -0.131. The van der Waals surface area contributed by atoms with Crippen LogP contribution in [-0.4, -0.2) is 45.2 Å². The maximum Gasteiger partial charge on any atom is 0.328 e. The number of amides is 1. The normalized spacial score (nSPS) is 19.2. The summed E-state index contributed by atoms with van der Waals surface area (Å²) in [6.45, 7) is 1.10. The third-order valence-electron chi connectivity index (χ3n) is 3.10. The van der Waals surface area contributed by atoms with Gasteiger partial charge in [0.05, 0.1) is 0 Å². The van der Waals surface area contributed by atoms with Crippen molar-refractivity contribution in [1.29, 1.82) is 0 Å². The lowest BCUT2D eigenvalue weighted by Crippen LogP contribution is -2.37. The Morgan fingerprint density at radius 1 is 1.50 bits per heavy atom. The molecule has 1 aromatic rings. The van der Waals surface area contributed by atoms with Crippen LogP contribution >= 0.6 is 0 Å². The number of aliphatic hydroxyl groups is 1. The van der Waals surface area contributed by atoms with Gasteiger partial charge in [0.25, 0.3) is 5.56 Å². The Morgan fingerprint density at radius 3 is 2.89 bits per heavy atom. The maximum atomic E-state index is 11.9. The van der Waals surface area contributed by atoms with Crippen LogP contribution < -0.4 is 11.2 Å². The lowest BCUT2D eigenvalue weighted by atomic mass is 10.1. The first kappa shape index (κ1) is 12.6. The van der Waals surface area contributed by atoms with E-state index in [2.05, 4.69) is 4.98 Å². The molecule has 2 N–H and O–H groups in total.